The van der Waals surface area contributed by atoms with Gasteiger partial charge in [-0.25, -0.2) is 0 Å². The molecule has 0 amide bonds. The monoisotopic (exact) mass is 252 g/mol. The summed E-state index contributed by atoms with van der Waals surface area (Å²) in [5, 5.41) is 8.78. The number of benzene rings is 2. The summed E-state index contributed by atoms with van der Waals surface area (Å²) < 4.78 is 5.72. The van der Waals surface area contributed by atoms with Crippen LogP contribution in [0.4, 0.5) is 5.69 Å². The van der Waals surface area contributed by atoms with Gasteiger partial charge in [0.25, 0.3) is 0 Å². The minimum Gasteiger partial charge on any atom is -0.487 e. The van der Waals surface area contributed by atoms with E-state index in [0.717, 1.165) is 5.56 Å². The molecule has 0 radical (unpaired) electrons. The number of nitrogens with zero attached hydrogens (tertiary/aromatic N) is 1. The van der Waals surface area contributed by atoms with Gasteiger partial charge >= 0.3 is 0 Å². The molecule has 2 aromatic rings. The number of rotatable bonds is 3. The maximum absolute atomic E-state index is 8.78. The maximum atomic E-state index is 8.78. The number of nitrogens with two attached hydrogens (primary N) is 1. The molecule has 0 aliphatic carbocycles. The first kappa shape index (κ1) is 13.0. The lowest BCUT2D eigenvalue weighted by molar-refractivity contribution is 0.307. The van der Waals surface area contributed by atoms with Crippen LogP contribution in [0.3, 0.4) is 0 Å². The van der Waals surface area contributed by atoms with Crippen LogP contribution in [-0.2, 0) is 6.61 Å². The fraction of sp³-hybridized carbons (Fsp3) is 0.188. The average Bonchev–Trinajstić information content (AvgIpc) is 2.40. The minimum atomic E-state index is 0.476. The van der Waals surface area contributed by atoms with E-state index in [1.807, 2.05) is 6.07 Å². The van der Waals surface area contributed by atoms with Gasteiger partial charge in [0.15, 0.2) is 0 Å². The summed E-state index contributed by atoms with van der Waals surface area (Å²) in [6, 6.07) is 13.4. The lowest BCUT2D eigenvalue weighted by Gasteiger charge is -2.11. The van der Waals surface area contributed by atoms with Crippen LogP contribution in [0.25, 0.3) is 0 Å². The summed E-state index contributed by atoms with van der Waals surface area (Å²) in [6.07, 6.45) is 0. The van der Waals surface area contributed by atoms with Gasteiger partial charge in [0, 0.05) is 0 Å². The summed E-state index contributed by atoms with van der Waals surface area (Å²) in [4.78, 5) is 0. The number of hydrogen-bond acceptors (Lipinski definition) is 3. The first-order chi connectivity index (χ1) is 9.10. The van der Waals surface area contributed by atoms with Crippen LogP contribution in [0, 0.1) is 25.2 Å². The quantitative estimate of drug-likeness (QED) is 0.852. The number of anilines is 1. The summed E-state index contributed by atoms with van der Waals surface area (Å²) >= 11 is 0. The van der Waals surface area contributed by atoms with E-state index in [0.29, 0.717) is 23.6 Å². The van der Waals surface area contributed by atoms with Crippen LogP contribution >= 0.6 is 0 Å². The van der Waals surface area contributed by atoms with Crippen molar-refractivity contribution in [1.82, 2.24) is 0 Å². The molecule has 0 aliphatic rings. The topological polar surface area (TPSA) is 59.0 Å². The Balaban J connectivity index is 2.15. The number of aryl methyl sites for hydroxylation is 2. The smallest absolute Gasteiger partial charge is 0.142 e. The van der Waals surface area contributed by atoms with Crippen molar-refractivity contribution in [3.8, 4) is 11.8 Å². The molecular formula is C16H16N2O. The van der Waals surface area contributed by atoms with E-state index in [2.05, 4.69) is 32.0 Å². The number of nitriles is 1. The molecule has 0 atom stereocenters. The van der Waals surface area contributed by atoms with Gasteiger partial charge in [0.1, 0.15) is 12.4 Å². The summed E-state index contributed by atoms with van der Waals surface area (Å²) in [6.45, 7) is 4.59. The molecular weight excluding hydrogens is 236 g/mol. The van der Waals surface area contributed by atoms with Crippen molar-refractivity contribution >= 4 is 5.69 Å². The largest absolute Gasteiger partial charge is 0.487 e. The number of ether oxygens (including phenoxy) is 1. The van der Waals surface area contributed by atoms with Crippen LogP contribution < -0.4 is 10.5 Å². The second-order valence-electron chi connectivity index (χ2n) is 4.58. The Kier molecular flexibility index (Phi) is 3.72. The van der Waals surface area contributed by atoms with Crippen molar-refractivity contribution in [3.63, 3.8) is 0 Å². The number of nitrogen functional groups attached to an aromatic ring is 1. The molecule has 2 N–H and O–H groups in total. The van der Waals surface area contributed by atoms with E-state index in [9.17, 15) is 0 Å². The molecule has 2 rings (SSSR count). The van der Waals surface area contributed by atoms with Crippen LogP contribution in [0.5, 0.6) is 5.75 Å². The highest BCUT2D eigenvalue weighted by Crippen LogP contribution is 2.24. The normalized spacial score (nSPS) is 9.95. The fourth-order valence-corrected chi connectivity index (χ4v) is 1.86. The second kappa shape index (κ2) is 5.45. The predicted octanol–water partition coefficient (Wildman–Crippen LogP) is 3.34. The van der Waals surface area contributed by atoms with Crippen molar-refractivity contribution in [2.45, 2.75) is 20.5 Å². The van der Waals surface area contributed by atoms with Crippen molar-refractivity contribution in [2.24, 2.45) is 0 Å². The zero-order chi connectivity index (χ0) is 13.8. The molecule has 3 nitrogen and oxygen atoms in total. The van der Waals surface area contributed by atoms with E-state index in [4.69, 9.17) is 15.7 Å². The third-order valence-corrected chi connectivity index (χ3v) is 3.03. The second-order valence-corrected chi connectivity index (χ2v) is 4.58. The molecule has 0 aliphatic heterocycles. The Hall–Kier alpha value is -2.47. The van der Waals surface area contributed by atoms with Gasteiger partial charge < -0.3 is 10.5 Å². The molecule has 0 bridgehead atoms. The van der Waals surface area contributed by atoms with Crippen molar-refractivity contribution in [2.75, 3.05) is 5.73 Å². The molecule has 0 unspecified atom stereocenters. The van der Waals surface area contributed by atoms with Crippen molar-refractivity contribution in [3.05, 3.63) is 58.7 Å². The highest BCUT2D eigenvalue weighted by molar-refractivity contribution is 5.56. The molecule has 19 heavy (non-hydrogen) atoms. The van der Waals surface area contributed by atoms with E-state index < -0.39 is 0 Å². The first-order valence-electron chi connectivity index (χ1n) is 6.08. The molecule has 0 fully saturated rings. The van der Waals surface area contributed by atoms with Gasteiger partial charge in [-0.3, -0.25) is 0 Å². The summed E-state index contributed by atoms with van der Waals surface area (Å²) in [5.41, 5.74) is 10.4. The van der Waals surface area contributed by atoms with E-state index in [1.54, 1.807) is 18.2 Å². The van der Waals surface area contributed by atoms with Crippen LogP contribution in [-0.4, -0.2) is 0 Å². The maximum Gasteiger partial charge on any atom is 0.142 e. The molecule has 0 aromatic heterocycles. The highest BCUT2D eigenvalue weighted by atomic mass is 16.5. The van der Waals surface area contributed by atoms with Crippen LogP contribution in [0.1, 0.15) is 22.3 Å². The van der Waals surface area contributed by atoms with Gasteiger partial charge in [-0.15, -0.1) is 0 Å². The standard InChI is InChI=1S/C16H16N2O/c1-11-3-4-12(2)14(7-11)10-19-16-6-5-13(9-17)8-15(16)18/h3-8H,10,18H2,1-2H3. The van der Waals surface area contributed by atoms with Crippen molar-refractivity contribution in [1.29, 1.82) is 5.26 Å². The Labute approximate surface area is 113 Å². The van der Waals surface area contributed by atoms with Gasteiger partial charge in [-0.05, 0) is 43.2 Å². The third-order valence-electron chi connectivity index (χ3n) is 3.03. The molecule has 0 heterocycles. The zero-order valence-electron chi connectivity index (χ0n) is 11.1. The van der Waals surface area contributed by atoms with Crippen LogP contribution in [0.2, 0.25) is 0 Å². The van der Waals surface area contributed by atoms with Crippen LogP contribution in [0.15, 0.2) is 36.4 Å². The molecule has 96 valence electrons. The minimum absolute atomic E-state index is 0.476. The summed E-state index contributed by atoms with van der Waals surface area (Å²) in [5.74, 6) is 0.611. The Morgan fingerprint density at radius 3 is 2.63 bits per heavy atom. The Morgan fingerprint density at radius 1 is 1.16 bits per heavy atom. The SMILES string of the molecule is Cc1ccc(C)c(COc2ccc(C#N)cc2N)c1. The van der Waals surface area contributed by atoms with E-state index in [1.165, 1.54) is 11.1 Å². The van der Waals surface area contributed by atoms with Crippen molar-refractivity contribution < 1.29 is 4.74 Å². The van der Waals surface area contributed by atoms with E-state index in [-0.39, 0.29) is 0 Å². The first-order valence-corrected chi connectivity index (χ1v) is 6.08. The lowest BCUT2D eigenvalue weighted by atomic mass is 10.1. The van der Waals surface area contributed by atoms with Gasteiger partial charge in [0.2, 0.25) is 0 Å². The van der Waals surface area contributed by atoms with Gasteiger partial charge in [0.05, 0.1) is 17.3 Å². The van der Waals surface area contributed by atoms with Gasteiger partial charge in [-0.1, -0.05) is 23.8 Å². The average molecular weight is 252 g/mol. The molecule has 2 aromatic carbocycles. The van der Waals surface area contributed by atoms with E-state index >= 15 is 0 Å². The lowest BCUT2D eigenvalue weighted by Crippen LogP contribution is -2.01. The highest BCUT2D eigenvalue weighted by Gasteiger charge is 2.04. The summed E-state index contributed by atoms with van der Waals surface area (Å²) in [7, 11) is 0. The van der Waals surface area contributed by atoms with Gasteiger partial charge in [-0.2, -0.15) is 5.26 Å². The Bertz CT molecular complexity index is 642. The third kappa shape index (κ3) is 3.05. The molecule has 3 heteroatoms. The fourth-order valence-electron chi connectivity index (χ4n) is 1.86. The predicted molar refractivity (Wildman–Crippen MR) is 75.8 cm³/mol. The molecule has 0 spiro atoms. The zero-order valence-corrected chi connectivity index (χ0v) is 11.1. The Morgan fingerprint density at radius 2 is 1.95 bits per heavy atom. The molecule has 0 saturated heterocycles. The molecule has 0 saturated carbocycles. The number of hydrogen-bond donors (Lipinski definition) is 1.